The number of benzene rings is 2. The Bertz CT molecular complexity index is 1060. The maximum Gasteiger partial charge on any atom is 0.316 e. The summed E-state index contributed by atoms with van der Waals surface area (Å²) in [5.41, 5.74) is 2.45. The molecule has 0 amide bonds. The molecule has 10 nitrogen and oxygen atoms in total. The predicted octanol–water partition coefficient (Wildman–Crippen LogP) is 2.39. The van der Waals surface area contributed by atoms with Crippen LogP contribution in [0.2, 0.25) is 0 Å². The van der Waals surface area contributed by atoms with Crippen molar-refractivity contribution < 1.29 is 38.1 Å². The van der Waals surface area contributed by atoms with Crippen molar-refractivity contribution in [2.45, 2.75) is 6.42 Å². The van der Waals surface area contributed by atoms with Crippen molar-refractivity contribution >= 4 is 34.9 Å². The number of carbonyl (C=O) groups is 4. The van der Waals surface area contributed by atoms with Gasteiger partial charge in [0.05, 0.1) is 40.6 Å². The molecule has 208 valence electrons. The molecule has 2 saturated heterocycles. The predicted molar refractivity (Wildman–Crippen MR) is 143 cm³/mol. The quantitative estimate of drug-likeness (QED) is 0.254. The number of Topliss-reactive ketones (excluding diaryl/α,β-unsaturated/α-hetero) is 2. The lowest BCUT2D eigenvalue weighted by Gasteiger charge is -2.29. The lowest BCUT2D eigenvalue weighted by atomic mass is 9.84. The molecular weight excluding hydrogens is 504 g/mol. The number of hydrogen-bond acceptors (Lipinski definition) is 10. The molecule has 2 aliphatic rings. The topological polar surface area (TPSA) is 112 Å². The summed E-state index contributed by atoms with van der Waals surface area (Å²) in [5.74, 6) is -5.41. The van der Waals surface area contributed by atoms with E-state index in [9.17, 15) is 19.2 Å². The van der Waals surface area contributed by atoms with Crippen molar-refractivity contribution in [1.29, 1.82) is 0 Å². The van der Waals surface area contributed by atoms with Gasteiger partial charge in [-0.15, -0.1) is 0 Å². The van der Waals surface area contributed by atoms with E-state index in [1.165, 1.54) is 14.2 Å². The van der Waals surface area contributed by atoms with E-state index >= 15 is 0 Å². The maximum atomic E-state index is 13.4. The Kier molecular flexibility index (Phi) is 9.67. The molecule has 0 radical (unpaired) electrons. The molecule has 2 aliphatic heterocycles. The van der Waals surface area contributed by atoms with Gasteiger partial charge >= 0.3 is 11.9 Å². The Morgan fingerprint density at radius 2 is 0.974 bits per heavy atom. The molecule has 0 N–H and O–H groups in total. The van der Waals surface area contributed by atoms with Gasteiger partial charge in [-0.3, -0.25) is 19.2 Å². The van der Waals surface area contributed by atoms with Crippen LogP contribution in [0.25, 0.3) is 0 Å². The first-order valence-electron chi connectivity index (χ1n) is 13.0. The summed E-state index contributed by atoms with van der Waals surface area (Å²) < 4.78 is 20.6. The lowest BCUT2D eigenvalue weighted by molar-refractivity contribution is -0.146. The summed E-state index contributed by atoms with van der Waals surface area (Å²) in [5, 5.41) is 0. The van der Waals surface area contributed by atoms with Gasteiger partial charge in [0, 0.05) is 48.7 Å². The van der Waals surface area contributed by atoms with Gasteiger partial charge < -0.3 is 28.7 Å². The molecule has 2 aromatic carbocycles. The van der Waals surface area contributed by atoms with E-state index < -0.39 is 35.3 Å². The van der Waals surface area contributed by atoms with Crippen molar-refractivity contribution in [2.75, 3.05) is 76.6 Å². The van der Waals surface area contributed by atoms with Crippen LogP contribution >= 0.6 is 0 Å². The van der Waals surface area contributed by atoms with Gasteiger partial charge in [-0.1, -0.05) is 0 Å². The summed E-state index contributed by atoms with van der Waals surface area (Å²) >= 11 is 0. The molecule has 2 heterocycles. The molecular formula is C29H34N2O8. The normalized spacial score (nSPS) is 17.2. The largest absolute Gasteiger partial charge is 0.468 e. The third-order valence-corrected chi connectivity index (χ3v) is 7.13. The van der Waals surface area contributed by atoms with Crippen molar-refractivity contribution in [3.63, 3.8) is 0 Å². The van der Waals surface area contributed by atoms with E-state index in [1.807, 2.05) is 24.3 Å². The van der Waals surface area contributed by atoms with E-state index in [4.69, 9.17) is 18.9 Å². The van der Waals surface area contributed by atoms with Crippen LogP contribution in [0, 0.1) is 11.8 Å². The number of anilines is 2. The minimum absolute atomic E-state index is 0.285. The molecule has 4 rings (SSSR count). The Hall–Kier alpha value is -3.76. The van der Waals surface area contributed by atoms with E-state index in [-0.39, 0.29) is 17.5 Å². The molecule has 10 heteroatoms. The number of ether oxygens (including phenoxy) is 4. The van der Waals surface area contributed by atoms with Gasteiger partial charge in [-0.2, -0.15) is 0 Å². The van der Waals surface area contributed by atoms with Crippen molar-refractivity contribution in [1.82, 2.24) is 0 Å². The van der Waals surface area contributed by atoms with Crippen LogP contribution in [0.1, 0.15) is 27.1 Å². The molecule has 2 atom stereocenters. The second-order valence-corrected chi connectivity index (χ2v) is 9.41. The van der Waals surface area contributed by atoms with Crippen LogP contribution in [0.4, 0.5) is 11.4 Å². The second kappa shape index (κ2) is 13.3. The number of carbonyl (C=O) groups excluding carboxylic acids is 4. The van der Waals surface area contributed by atoms with Gasteiger partial charge in [0.1, 0.15) is 11.8 Å². The van der Waals surface area contributed by atoms with Gasteiger partial charge in [-0.25, -0.2) is 0 Å². The number of ketones is 2. The molecule has 0 bridgehead atoms. The average molecular weight is 539 g/mol. The average Bonchev–Trinajstić information content (AvgIpc) is 3.01. The van der Waals surface area contributed by atoms with Crippen LogP contribution in [-0.4, -0.2) is 90.3 Å². The van der Waals surface area contributed by atoms with E-state index in [0.717, 1.165) is 37.6 Å². The van der Waals surface area contributed by atoms with Crippen LogP contribution < -0.4 is 9.80 Å². The zero-order valence-electron chi connectivity index (χ0n) is 22.3. The van der Waals surface area contributed by atoms with Gasteiger partial charge in [0.15, 0.2) is 11.6 Å². The SMILES string of the molecule is COC(=O)C(CC(C(=O)OC)C(=O)c1ccc(N2CCOCC2)cc1)C(=O)c1ccc(N2CCOCC2)cc1. The molecule has 2 unspecified atom stereocenters. The van der Waals surface area contributed by atoms with Crippen LogP contribution in [-0.2, 0) is 28.5 Å². The molecule has 0 aliphatic carbocycles. The van der Waals surface area contributed by atoms with Crippen LogP contribution in [0.3, 0.4) is 0 Å². The van der Waals surface area contributed by atoms with Crippen molar-refractivity contribution in [3.8, 4) is 0 Å². The Morgan fingerprint density at radius 1 is 0.641 bits per heavy atom. The van der Waals surface area contributed by atoms with Gasteiger partial charge in [-0.05, 0) is 55.0 Å². The monoisotopic (exact) mass is 538 g/mol. The van der Waals surface area contributed by atoms with Crippen molar-refractivity contribution in [3.05, 3.63) is 59.7 Å². The van der Waals surface area contributed by atoms with Crippen LogP contribution in [0.15, 0.2) is 48.5 Å². The highest BCUT2D eigenvalue weighted by atomic mass is 16.5. The molecule has 0 saturated carbocycles. The first-order valence-corrected chi connectivity index (χ1v) is 13.0. The van der Waals surface area contributed by atoms with E-state index in [2.05, 4.69) is 9.80 Å². The molecule has 0 spiro atoms. The Morgan fingerprint density at radius 3 is 1.28 bits per heavy atom. The van der Waals surface area contributed by atoms with E-state index in [0.29, 0.717) is 26.4 Å². The zero-order valence-corrected chi connectivity index (χ0v) is 22.3. The first-order chi connectivity index (χ1) is 18.9. The zero-order chi connectivity index (χ0) is 27.8. The summed E-state index contributed by atoms with van der Waals surface area (Å²) in [6.07, 6.45) is -0.368. The number of nitrogens with zero attached hydrogens (tertiary/aromatic N) is 2. The number of esters is 2. The third-order valence-electron chi connectivity index (χ3n) is 7.13. The Balaban J connectivity index is 1.52. The third kappa shape index (κ3) is 6.82. The highest BCUT2D eigenvalue weighted by Crippen LogP contribution is 2.26. The standard InChI is InChI=1S/C29H34N2O8/c1-36-28(34)24(26(32)20-3-7-22(8-4-20)30-11-15-38-16-12-30)19-25(29(35)37-2)27(33)21-5-9-23(10-6-21)31-13-17-39-18-14-31/h3-10,24-25H,11-19H2,1-2H3. The number of methoxy groups -OCH3 is 2. The maximum absolute atomic E-state index is 13.4. The number of hydrogen-bond donors (Lipinski definition) is 0. The van der Waals surface area contributed by atoms with E-state index in [1.54, 1.807) is 24.3 Å². The van der Waals surface area contributed by atoms with Crippen LogP contribution in [0.5, 0.6) is 0 Å². The minimum atomic E-state index is -1.36. The summed E-state index contributed by atoms with van der Waals surface area (Å²) in [7, 11) is 2.34. The number of rotatable bonds is 10. The highest BCUT2D eigenvalue weighted by molar-refractivity contribution is 6.12. The first kappa shape index (κ1) is 28.3. The second-order valence-electron chi connectivity index (χ2n) is 9.41. The molecule has 39 heavy (non-hydrogen) atoms. The van der Waals surface area contributed by atoms with Gasteiger partial charge in [0.25, 0.3) is 0 Å². The highest BCUT2D eigenvalue weighted by Gasteiger charge is 2.38. The van der Waals surface area contributed by atoms with Crippen molar-refractivity contribution in [2.24, 2.45) is 11.8 Å². The molecule has 2 fully saturated rings. The Labute approximate surface area is 227 Å². The smallest absolute Gasteiger partial charge is 0.316 e. The number of morpholine rings is 2. The fraction of sp³-hybridized carbons (Fsp3) is 0.448. The summed E-state index contributed by atoms with van der Waals surface area (Å²) in [6, 6.07) is 13.8. The fourth-order valence-electron chi connectivity index (χ4n) is 4.86. The minimum Gasteiger partial charge on any atom is -0.468 e. The molecule has 2 aromatic rings. The van der Waals surface area contributed by atoms with Gasteiger partial charge in [0.2, 0.25) is 0 Å². The fourth-order valence-corrected chi connectivity index (χ4v) is 4.86. The summed E-state index contributed by atoms with van der Waals surface area (Å²) in [6.45, 7) is 5.49. The molecule has 0 aromatic heterocycles. The summed E-state index contributed by atoms with van der Waals surface area (Å²) in [4.78, 5) is 56.6. The lowest BCUT2D eigenvalue weighted by Crippen LogP contribution is -2.36.